The van der Waals surface area contributed by atoms with Gasteiger partial charge >= 0.3 is 0 Å². The number of para-hydroxylation sites is 1. The van der Waals surface area contributed by atoms with Crippen molar-refractivity contribution in [1.82, 2.24) is 19.7 Å². The van der Waals surface area contributed by atoms with Gasteiger partial charge in [0.15, 0.2) is 5.82 Å². The van der Waals surface area contributed by atoms with Crippen molar-refractivity contribution >= 4 is 23.1 Å². The van der Waals surface area contributed by atoms with Crippen LogP contribution in [0.1, 0.15) is 18.4 Å². The summed E-state index contributed by atoms with van der Waals surface area (Å²) in [4.78, 5) is 34.4. The van der Waals surface area contributed by atoms with E-state index in [1.165, 1.54) is 12.4 Å². The zero-order valence-electron chi connectivity index (χ0n) is 16.4. The fraction of sp³-hybridized carbons (Fsp3) is 0.300. The lowest BCUT2D eigenvalue weighted by atomic mass is 9.96. The van der Waals surface area contributed by atoms with Crippen LogP contribution in [0.5, 0.6) is 0 Å². The van der Waals surface area contributed by atoms with Crippen molar-refractivity contribution < 1.29 is 9.72 Å². The number of hydrogen-bond donors (Lipinski definition) is 1. The zero-order valence-corrected chi connectivity index (χ0v) is 16.4. The quantitative estimate of drug-likeness (QED) is 0.510. The molecule has 0 radical (unpaired) electrons. The summed E-state index contributed by atoms with van der Waals surface area (Å²) in [5.41, 5.74) is 0.813. The highest BCUT2D eigenvalue weighted by atomic mass is 16.6. The Morgan fingerprint density at radius 1 is 1.27 bits per heavy atom. The molecule has 1 amide bonds. The van der Waals surface area contributed by atoms with Gasteiger partial charge in [0.1, 0.15) is 17.8 Å². The van der Waals surface area contributed by atoms with E-state index >= 15 is 0 Å². The van der Waals surface area contributed by atoms with Gasteiger partial charge in [-0.3, -0.25) is 14.9 Å². The highest BCUT2D eigenvalue weighted by molar-refractivity contribution is 5.96. The minimum atomic E-state index is -0.479. The monoisotopic (exact) mass is 407 g/mol. The molecule has 10 nitrogen and oxygen atoms in total. The third kappa shape index (κ3) is 3.97. The number of anilines is 2. The van der Waals surface area contributed by atoms with Crippen LogP contribution in [-0.4, -0.2) is 43.7 Å². The fourth-order valence-electron chi connectivity index (χ4n) is 3.63. The van der Waals surface area contributed by atoms with Gasteiger partial charge in [-0.15, -0.1) is 0 Å². The minimum Gasteiger partial charge on any atom is -0.356 e. The first-order valence-electron chi connectivity index (χ1n) is 9.65. The number of hydrogen-bond acceptors (Lipinski definition) is 7. The van der Waals surface area contributed by atoms with Crippen molar-refractivity contribution in [3.63, 3.8) is 0 Å². The number of benzene rings is 1. The van der Waals surface area contributed by atoms with Crippen molar-refractivity contribution in [2.45, 2.75) is 19.8 Å². The molecule has 1 atom stereocenters. The molecule has 1 aromatic carbocycles. The molecule has 3 heterocycles. The van der Waals surface area contributed by atoms with Crippen molar-refractivity contribution in [2.24, 2.45) is 5.92 Å². The van der Waals surface area contributed by atoms with E-state index in [4.69, 9.17) is 0 Å². The lowest BCUT2D eigenvalue weighted by molar-refractivity contribution is -0.384. The Kier molecular flexibility index (Phi) is 5.38. The molecular formula is C20H21N7O3. The summed E-state index contributed by atoms with van der Waals surface area (Å²) in [5, 5.41) is 18.3. The molecule has 0 bridgehead atoms. The van der Waals surface area contributed by atoms with Crippen LogP contribution in [0.2, 0.25) is 0 Å². The number of amides is 1. The topological polar surface area (TPSA) is 119 Å². The second-order valence-electron chi connectivity index (χ2n) is 7.19. The first kappa shape index (κ1) is 19.5. The summed E-state index contributed by atoms with van der Waals surface area (Å²) < 4.78 is 1.65. The number of nitro benzene ring substituents is 1. The van der Waals surface area contributed by atoms with E-state index in [0.29, 0.717) is 24.3 Å². The highest BCUT2D eigenvalue weighted by Gasteiger charge is 2.28. The van der Waals surface area contributed by atoms with Gasteiger partial charge in [0.05, 0.1) is 10.8 Å². The summed E-state index contributed by atoms with van der Waals surface area (Å²) in [6, 6.07) is 8.39. The number of rotatable bonds is 5. The molecule has 2 aromatic heterocycles. The summed E-state index contributed by atoms with van der Waals surface area (Å²) in [5.74, 6) is 0.835. The van der Waals surface area contributed by atoms with Gasteiger partial charge in [-0.25, -0.2) is 14.6 Å². The molecule has 3 aromatic rings. The summed E-state index contributed by atoms with van der Waals surface area (Å²) >= 11 is 0. The van der Waals surface area contributed by atoms with Crippen LogP contribution in [0.3, 0.4) is 0 Å². The van der Waals surface area contributed by atoms with Gasteiger partial charge in [-0.05, 0) is 31.4 Å². The third-order valence-electron chi connectivity index (χ3n) is 5.19. The molecule has 1 unspecified atom stereocenters. The molecule has 0 saturated carbocycles. The first-order chi connectivity index (χ1) is 14.5. The van der Waals surface area contributed by atoms with Gasteiger partial charge in [0, 0.05) is 37.6 Å². The average Bonchev–Trinajstić information content (AvgIpc) is 3.30. The van der Waals surface area contributed by atoms with E-state index in [0.717, 1.165) is 18.8 Å². The van der Waals surface area contributed by atoms with Crippen LogP contribution in [0.25, 0.3) is 5.82 Å². The maximum atomic E-state index is 12.9. The predicted molar refractivity (Wildman–Crippen MR) is 111 cm³/mol. The van der Waals surface area contributed by atoms with E-state index in [1.54, 1.807) is 36.1 Å². The molecule has 1 aliphatic heterocycles. The number of nitrogens with one attached hydrogen (secondary N) is 1. The molecule has 0 aliphatic carbocycles. The number of aryl methyl sites for hydroxylation is 1. The SMILES string of the molecule is Cc1cccc([N+](=O)[O-])c1NC(=O)C1CCCN(c2cc(-n3cccn3)ncn2)C1. The molecular weight excluding hydrogens is 386 g/mol. The summed E-state index contributed by atoms with van der Waals surface area (Å²) in [7, 11) is 0. The molecule has 30 heavy (non-hydrogen) atoms. The normalized spacial score (nSPS) is 16.3. The van der Waals surface area contributed by atoms with Crippen molar-refractivity contribution in [1.29, 1.82) is 0 Å². The number of piperidine rings is 1. The van der Waals surface area contributed by atoms with Gasteiger partial charge < -0.3 is 10.2 Å². The average molecular weight is 407 g/mol. The lowest BCUT2D eigenvalue weighted by Crippen LogP contribution is -2.41. The molecule has 1 aliphatic rings. The highest BCUT2D eigenvalue weighted by Crippen LogP contribution is 2.29. The first-order valence-corrected chi connectivity index (χ1v) is 9.65. The Morgan fingerprint density at radius 2 is 2.10 bits per heavy atom. The minimum absolute atomic E-state index is 0.101. The molecule has 1 fully saturated rings. The van der Waals surface area contributed by atoms with Gasteiger partial charge in [-0.2, -0.15) is 5.10 Å². The molecule has 1 saturated heterocycles. The van der Waals surface area contributed by atoms with E-state index in [9.17, 15) is 14.9 Å². The largest absolute Gasteiger partial charge is 0.356 e. The van der Waals surface area contributed by atoms with E-state index in [-0.39, 0.29) is 23.2 Å². The van der Waals surface area contributed by atoms with Gasteiger partial charge in [-0.1, -0.05) is 12.1 Å². The molecule has 4 rings (SSSR count). The Morgan fingerprint density at radius 3 is 2.87 bits per heavy atom. The second kappa shape index (κ2) is 8.27. The van der Waals surface area contributed by atoms with E-state index < -0.39 is 4.92 Å². The Hall–Kier alpha value is -3.82. The molecule has 154 valence electrons. The maximum Gasteiger partial charge on any atom is 0.293 e. The van der Waals surface area contributed by atoms with Gasteiger partial charge in [0.25, 0.3) is 5.69 Å². The predicted octanol–water partition coefficient (Wildman–Crippen LogP) is 2.73. The standard InChI is InChI=1S/C20H21N7O3/c1-14-5-2-7-16(27(29)30)19(14)24-20(28)15-6-3-9-25(12-15)17-11-18(22-13-21-17)26-10-4-8-23-26/h2,4-5,7-8,10-11,13,15H,3,6,9,12H2,1H3,(H,24,28). The zero-order chi connectivity index (χ0) is 21.1. The number of nitro groups is 1. The van der Waals surface area contributed by atoms with Gasteiger partial charge in [0.2, 0.25) is 5.91 Å². The number of nitrogens with zero attached hydrogens (tertiary/aromatic N) is 6. The summed E-state index contributed by atoms with van der Waals surface area (Å²) in [6.07, 6.45) is 6.47. The Bertz CT molecular complexity index is 1070. The van der Waals surface area contributed by atoms with Crippen LogP contribution in [0.4, 0.5) is 17.2 Å². The van der Waals surface area contributed by atoms with E-state index in [1.807, 2.05) is 17.0 Å². The molecule has 10 heteroatoms. The lowest BCUT2D eigenvalue weighted by Gasteiger charge is -2.33. The van der Waals surface area contributed by atoms with Crippen LogP contribution >= 0.6 is 0 Å². The fourth-order valence-corrected chi connectivity index (χ4v) is 3.63. The third-order valence-corrected chi connectivity index (χ3v) is 5.19. The van der Waals surface area contributed by atoms with Crippen molar-refractivity contribution in [2.75, 3.05) is 23.3 Å². The smallest absolute Gasteiger partial charge is 0.293 e. The van der Waals surface area contributed by atoms with Crippen LogP contribution in [0.15, 0.2) is 49.1 Å². The van der Waals surface area contributed by atoms with Crippen LogP contribution in [-0.2, 0) is 4.79 Å². The summed E-state index contributed by atoms with van der Waals surface area (Å²) in [6.45, 7) is 2.98. The van der Waals surface area contributed by atoms with Crippen LogP contribution < -0.4 is 10.2 Å². The molecule has 0 spiro atoms. The Labute approximate surface area is 172 Å². The Balaban J connectivity index is 1.51. The van der Waals surface area contributed by atoms with Crippen molar-refractivity contribution in [3.05, 3.63) is 64.7 Å². The number of carbonyl (C=O) groups excluding carboxylic acids is 1. The molecule has 1 N–H and O–H groups in total. The second-order valence-corrected chi connectivity index (χ2v) is 7.19. The number of aromatic nitrogens is 4. The van der Waals surface area contributed by atoms with E-state index in [2.05, 4.69) is 20.4 Å². The number of carbonyl (C=O) groups is 1. The van der Waals surface area contributed by atoms with Crippen LogP contribution in [0, 0.1) is 23.0 Å². The maximum absolute atomic E-state index is 12.9. The van der Waals surface area contributed by atoms with Crippen molar-refractivity contribution in [3.8, 4) is 5.82 Å².